The second-order valence-electron chi connectivity index (χ2n) is 3.58. The number of aromatic nitrogens is 1. The second-order valence-corrected chi connectivity index (χ2v) is 3.58. The minimum absolute atomic E-state index is 0.0109. The molecule has 2 aromatic rings. The first kappa shape index (κ1) is 13.1. The lowest BCUT2D eigenvalue weighted by molar-refractivity contribution is 0.0594. The molecule has 1 aromatic heterocycles. The smallest absolute Gasteiger partial charge is 0.356 e. The van der Waals surface area contributed by atoms with Gasteiger partial charge in [-0.15, -0.1) is 0 Å². The summed E-state index contributed by atoms with van der Waals surface area (Å²) >= 11 is 0. The number of ether oxygens (including phenoxy) is 2. The van der Waals surface area contributed by atoms with Crippen LogP contribution in [0.1, 0.15) is 10.5 Å². The third-order valence-electron chi connectivity index (χ3n) is 2.52. The number of pyridine rings is 1. The van der Waals surface area contributed by atoms with E-state index in [9.17, 15) is 18.0 Å². The van der Waals surface area contributed by atoms with Gasteiger partial charge in [0.05, 0.1) is 14.2 Å². The molecule has 19 heavy (non-hydrogen) atoms. The number of methoxy groups -OCH3 is 2. The van der Waals surface area contributed by atoms with Crippen LogP contribution in [0.5, 0.6) is 5.75 Å². The van der Waals surface area contributed by atoms with Gasteiger partial charge in [0, 0.05) is 11.5 Å². The first-order chi connectivity index (χ1) is 8.99. The van der Waals surface area contributed by atoms with Crippen molar-refractivity contribution in [2.75, 3.05) is 14.2 Å². The van der Waals surface area contributed by atoms with Crippen LogP contribution in [-0.2, 0) is 4.74 Å². The van der Waals surface area contributed by atoms with Crippen LogP contribution in [0.2, 0.25) is 0 Å². The summed E-state index contributed by atoms with van der Waals surface area (Å²) in [5.41, 5.74) is -0.768. The number of carbonyl (C=O) groups is 1. The summed E-state index contributed by atoms with van der Waals surface area (Å²) < 4.78 is 49.3. The SMILES string of the molecule is COC(=O)c1cc(OC)c2cc(F)c(F)c(F)c2n1. The molecule has 0 aliphatic heterocycles. The number of hydrogen-bond donors (Lipinski definition) is 0. The van der Waals surface area contributed by atoms with Gasteiger partial charge in [0.15, 0.2) is 23.1 Å². The fourth-order valence-corrected chi connectivity index (χ4v) is 1.62. The van der Waals surface area contributed by atoms with Crippen molar-refractivity contribution >= 4 is 16.9 Å². The van der Waals surface area contributed by atoms with Crippen LogP contribution >= 0.6 is 0 Å². The van der Waals surface area contributed by atoms with E-state index in [1.807, 2.05) is 0 Å². The average Bonchev–Trinajstić information content (AvgIpc) is 2.43. The number of fused-ring (bicyclic) bond motifs is 1. The van der Waals surface area contributed by atoms with Crippen molar-refractivity contribution < 1.29 is 27.4 Å². The number of halogens is 3. The number of benzene rings is 1. The highest BCUT2D eigenvalue weighted by molar-refractivity contribution is 5.94. The summed E-state index contributed by atoms with van der Waals surface area (Å²) in [6, 6.07) is 1.91. The van der Waals surface area contributed by atoms with E-state index in [0.717, 1.165) is 19.2 Å². The van der Waals surface area contributed by atoms with Gasteiger partial charge in [0.1, 0.15) is 11.3 Å². The van der Waals surface area contributed by atoms with Crippen LogP contribution in [0, 0.1) is 17.5 Å². The average molecular weight is 271 g/mol. The van der Waals surface area contributed by atoms with E-state index in [4.69, 9.17) is 4.74 Å². The summed E-state index contributed by atoms with van der Waals surface area (Å²) in [6.07, 6.45) is 0. The zero-order valence-electron chi connectivity index (χ0n) is 9.96. The normalized spacial score (nSPS) is 10.6. The molecule has 0 unspecified atom stereocenters. The molecule has 0 aliphatic rings. The van der Waals surface area contributed by atoms with Crippen molar-refractivity contribution in [2.45, 2.75) is 0 Å². The molecule has 7 heteroatoms. The summed E-state index contributed by atoms with van der Waals surface area (Å²) in [5.74, 6) is -5.37. The van der Waals surface area contributed by atoms with Gasteiger partial charge in [-0.05, 0) is 6.07 Å². The molecule has 100 valence electrons. The molecule has 0 saturated heterocycles. The van der Waals surface area contributed by atoms with Gasteiger partial charge in [0.2, 0.25) is 0 Å². The van der Waals surface area contributed by atoms with Gasteiger partial charge < -0.3 is 9.47 Å². The van der Waals surface area contributed by atoms with Crippen LogP contribution in [0.4, 0.5) is 13.2 Å². The Labute approximate surface area is 105 Å². The van der Waals surface area contributed by atoms with Gasteiger partial charge in [0.25, 0.3) is 0 Å². The Bertz CT molecular complexity index is 673. The largest absolute Gasteiger partial charge is 0.496 e. The van der Waals surface area contributed by atoms with Crippen molar-refractivity contribution in [2.24, 2.45) is 0 Å². The number of hydrogen-bond acceptors (Lipinski definition) is 4. The molecule has 0 N–H and O–H groups in total. The molecule has 4 nitrogen and oxygen atoms in total. The van der Waals surface area contributed by atoms with E-state index < -0.39 is 28.9 Å². The summed E-state index contributed by atoms with van der Waals surface area (Å²) in [5, 5.41) is -0.0773. The van der Waals surface area contributed by atoms with Crippen LogP contribution < -0.4 is 4.74 Å². The predicted octanol–water partition coefficient (Wildman–Crippen LogP) is 2.45. The minimum atomic E-state index is -1.66. The molecule has 0 amide bonds. The van der Waals surface area contributed by atoms with Gasteiger partial charge in [-0.2, -0.15) is 0 Å². The van der Waals surface area contributed by atoms with E-state index in [1.54, 1.807) is 0 Å². The number of carbonyl (C=O) groups excluding carboxylic acids is 1. The summed E-state index contributed by atoms with van der Waals surface area (Å²) in [4.78, 5) is 15.0. The minimum Gasteiger partial charge on any atom is -0.496 e. The number of esters is 1. The molecule has 0 spiro atoms. The standard InChI is InChI=1S/C12H8F3NO3/c1-18-8-4-7(12(17)19-2)16-11-5(8)3-6(13)9(14)10(11)15/h3-4H,1-2H3. The Morgan fingerprint density at radius 3 is 2.42 bits per heavy atom. The van der Waals surface area contributed by atoms with E-state index in [2.05, 4.69) is 9.72 Å². The Morgan fingerprint density at radius 2 is 1.84 bits per heavy atom. The van der Waals surface area contributed by atoms with Gasteiger partial charge in [-0.1, -0.05) is 0 Å². The zero-order chi connectivity index (χ0) is 14.2. The molecule has 0 aliphatic carbocycles. The van der Waals surface area contributed by atoms with E-state index in [-0.39, 0.29) is 16.8 Å². The molecule has 0 bridgehead atoms. The number of nitrogens with zero attached hydrogens (tertiary/aromatic N) is 1. The number of rotatable bonds is 2. The Morgan fingerprint density at radius 1 is 1.16 bits per heavy atom. The summed E-state index contributed by atoms with van der Waals surface area (Å²) in [7, 11) is 2.36. The third kappa shape index (κ3) is 2.07. The lowest BCUT2D eigenvalue weighted by Crippen LogP contribution is -2.07. The topological polar surface area (TPSA) is 48.4 Å². The van der Waals surface area contributed by atoms with E-state index >= 15 is 0 Å². The highest BCUT2D eigenvalue weighted by atomic mass is 19.2. The zero-order valence-corrected chi connectivity index (χ0v) is 9.96. The quantitative estimate of drug-likeness (QED) is 0.621. The highest BCUT2D eigenvalue weighted by Gasteiger charge is 2.20. The lowest BCUT2D eigenvalue weighted by atomic mass is 10.1. The van der Waals surface area contributed by atoms with Crippen molar-refractivity contribution in [1.82, 2.24) is 4.98 Å². The maximum atomic E-state index is 13.6. The van der Waals surface area contributed by atoms with Gasteiger partial charge in [-0.3, -0.25) is 0 Å². The molecular formula is C12H8F3NO3. The Hall–Kier alpha value is -2.31. The third-order valence-corrected chi connectivity index (χ3v) is 2.52. The predicted molar refractivity (Wildman–Crippen MR) is 59.5 cm³/mol. The Kier molecular flexibility index (Phi) is 3.28. The van der Waals surface area contributed by atoms with E-state index in [0.29, 0.717) is 0 Å². The fraction of sp³-hybridized carbons (Fsp3) is 0.167. The molecular weight excluding hydrogens is 263 g/mol. The van der Waals surface area contributed by atoms with Crippen molar-refractivity contribution in [3.05, 3.63) is 35.3 Å². The lowest BCUT2D eigenvalue weighted by Gasteiger charge is -2.09. The molecule has 0 fully saturated rings. The highest BCUT2D eigenvalue weighted by Crippen LogP contribution is 2.29. The molecule has 1 aromatic carbocycles. The van der Waals surface area contributed by atoms with E-state index in [1.165, 1.54) is 7.11 Å². The first-order valence-corrected chi connectivity index (χ1v) is 5.10. The first-order valence-electron chi connectivity index (χ1n) is 5.10. The van der Waals surface area contributed by atoms with Crippen LogP contribution in [-0.4, -0.2) is 25.2 Å². The fourth-order valence-electron chi connectivity index (χ4n) is 1.62. The van der Waals surface area contributed by atoms with Crippen LogP contribution in [0.3, 0.4) is 0 Å². The summed E-state index contributed by atoms with van der Waals surface area (Å²) in [6.45, 7) is 0. The molecule has 0 saturated carbocycles. The molecule has 1 heterocycles. The molecule has 2 rings (SSSR count). The second kappa shape index (κ2) is 4.75. The molecule has 0 radical (unpaired) electrons. The van der Waals surface area contributed by atoms with Crippen molar-refractivity contribution in [3.63, 3.8) is 0 Å². The Balaban J connectivity index is 2.85. The van der Waals surface area contributed by atoms with Crippen molar-refractivity contribution in [3.8, 4) is 5.75 Å². The van der Waals surface area contributed by atoms with Gasteiger partial charge in [-0.25, -0.2) is 22.9 Å². The maximum absolute atomic E-state index is 13.6. The monoisotopic (exact) mass is 271 g/mol. The van der Waals surface area contributed by atoms with Crippen LogP contribution in [0.15, 0.2) is 12.1 Å². The maximum Gasteiger partial charge on any atom is 0.356 e. The molecule has 0 atom stereocenters. The van der Waals surface area contributed by atoms with Crippen LogP contribution in [0.25, 0.3) is 10.9 Å². The van der Waals surface area contributed by atoms with Gasteiger partial charge >= 0.3 is 5.97 Å². The van der Waals surface area contributed by atoms with Crippen molar-refractivity contribution in [1.29, 1.82) is 0 Å².